The highest BCUT2D eigenvalue weighted by atomic mass is 16.5. The zero-order valence-electron chi connectivity index (χ0n) is 13.8. The number of rotatable bonds is 5. The van der Waals surface area contributed by atoms with E-state index in [1.54, 1.807) is 0 Å². The average molecular weight is 316 g/mol. The molecule has 3 rings (SSSR count). The van der Waals surface area contributed by atoms with Crippen molar-refractivity contribution in [1.29, 1.82) is 0 Å². The lowest BCUT2D eigenvalue weighted by Gasteiger charge is -2.34. The summed E-state index contributed by atoms with van der Waals surface area (Å²) in [4.78, 5) is 12.1. The standard InChI is InChI=1S/C18H24N2O3/c1-3-22-15-10-9-12(11-16(15)23-4-2)17-13-7-5-6-8-14(13)18(21)20-19-17/h9-11,13-14H,3-8H2,1-2H3,(H,20,21)/t13-,14+/m1/s1. The zero-order valence-corrected chi connectivity index (χ0v) is 13.8. The van der Waals surface area contributed by atoms with Gasteiger partial charge in [-0.15, -0.1) is 0 Å². The fourth-order valence-electron chi connectivity index (χ4n) is 3.54. The molecule has 0 unspecified atom stereocenters. The second-order valence-electron chi connectivity index (χ2n) is 6.00. The lowest BCUT2D eigenvalue weighted by Crippen LogP contribution is -2.43. The number of ether oxygens (including phenoxy) is 2. The van der Waals surface area contributed by atoms with Crippen molar-refractivity contribution in [2.45, 2.75) is 39.5 Å². The molecular formula is C18H24N2O3. The smallest absolute Gasteiger partial charge is 0.243 e. The van der Waals surface area contributed by atoms with E-state index >= 15 is 0 Å². The Balaban J connectivity index is 1.93. The molecule has 1 heterocycles. The van der Waals surface area contributed by atoms with E-state index < -0.39 is 0 Å². The van der Waals surface area contributed by atoms with E-state index in [0.717, 1.165) is 48.5 Å². The molecule has 2 aliphatic rings. The second-order valence-corrected chi connectivity index (χ2v) is 6.00. The van der Waals surface area contributed by atoms with Crippen molar-refractivity contribution in [2.75, 3.05) is 13.2 Å². The molecule has 23 heavy (non-hydrogen) atoms. The Bertz CT molecular complexity index is 612. The summed E-state index contributed by atoms with van der Waals surface area (Å²) in [6, 6.07) is 5.92. The van der Waals surface area contributed by atoms with Gasteiger partial charge in [0.25, 0.3) is 0 Å². The van der Waals surface area contributed by atoms with Gasteiger partial charge in [-0.3, -0.25) is 4.79 Å². The number of benzene rings is 1. The molecule has 0 radical (unpaired) electrons. The van der Waals surface area contributed by atoms with Crippen molar-refractivity contribution in [3.05, 3.63) is 23.8 Å². The first-order chi connectivity index (χ1) is 11.2. The first kappa shape index (κ1) is 15.8. The maximum absolute atomic E-state index is 12.1. The maximum atomic E-state index is 12.1. The van der Waals surface area contributed by atoms with Gasteiger partial charge in [-0.05, 0) is 44.9 Å². The molecule has 1 aromatic carbocycles. The molecule has 1 aliphatic carbocycles. The van der Waals surface area contributed by atoms with Crippen molar-refractivity contribution < 1.29 is 14.3 Å². The van der Waals surface area contributed by atoms with Crippen LogP contribution >= 0.6 is 0 Å². The molecule has 124 valence electrons. The highest BCUT2D eigenvalue weighted by Gasteiger charge is 2.37. The lowest BCUT2D eigenvalue weighted by molar-refractivity contribution is -0.127. The van der Waals surface area contributed by atoms with Crippen LogP contribution in [0.25, 0.3) is 0 Å². The van der Waals surface area contributed by atoms with Crippen LogP contribution in [0.2, 0.25) is 0 Å². The fourth-order valence-corrected chi connectivity index (χ4v) is 3.54. The normalized spacial score (nSPS) is 23.6. The number of nitrogens with one attached hydrogen (secondary N) is 1. The molecule has 5 nitrogen and oxygen atoms in total. The number of hydrogen-bond donors (Lipinski definition) is 1. The Labute approximate surface area is 137 Å². The van der Waals surface area contributed by atoms with Gasteiger partial charge in [0.1, 0.15) is 0 Å². The Hall–Kier alpha value is -2.04. The number of hydrogen-bond acceptors (Lipinski definition) is 4. The van der Waals surface area contributed by atoms with E-state index in [2.05, 4.69) is 10.5 Å². The summed E-state index contributed by atoms with van der Waals surface area (Å²) in [5, 5.41) is 4.36. The number of hydrazone groups is 1. The van der Waals surface area contributed by atoms with Gasteiger partial charge in [0.05, 0.1) is 18.9 Å². The molecule has 1 saturated carbocycles. The van der Waals surface area contributed by atoms with E-state index in [0.29, 0.717) is 13.2 Å². The van der Waals surface area contributed by atoms with Gasteiger partial charge in [0, 0.05) is 17.4 Å². The van der Waals surface area contributed by atoms with Gasteiger partial charge < -0.3 is 9.47 Å². The van der Waals surface area contributed by atoms with Crippen LogP contribution in [0.1, 0.15) is 45.1 Å². The number of nitrogens with zero attached hydrogens (tertiary/aromatic N) is 1. The van der Waals surface area contributed by atoms with Gasteiger partial charge in [-0.2, -0.15) is 5.10 Å². The molecule has 2 atom stereocenters. The highest BCUT2D eigenvalue weighted by Crippen LogP contribution is 2.37. The van der Waals surface area contributed by atoms with Gasteiger partial charge in [-0.25, -0.2) is 5.43 Å². The third kappa shape index (κ3) is 3.19. The number of amides is 1. The van der Waals surface area contributed by atoms with E-state index in [-0.39, 0.29) is 17.7 Å². The Morgan fingerprint density at radius 1 is 1.09 bits per heavy atom. The van der Waals surface area contributed by atoms with Gasteiger partial charge in [0.2, 0.25) is 5.91 Å². The van der Waals surface area contributed by atoms with Crippen LogP contribution in [0.15, 0.2) is 23.3 Å². The van der Waals surface area contributed by atoms with Crippen LogP contribution in [0.4, 0.5) is 0 Å². The van der Waals surface area contributed by atoms with Crippen molar-refractivity contribution in [1.82, 2.24) is 5.43 Å². The van der Waals surface area contributed by atoms with Crippen LogP contribution in [0.3, 0.4) is 0 Å². The van der Waals surface area contributed by atoms with E-state index in [4.69, 9.17) is 9.47 Å². The second kappa shape index (κ2) is 7.02. The molecule has 0 saturated heterocycles. The van der Waals surface area contributed by atoms with Crippen LogP contribution in [0, 0.1) is 11.8 Å². The van der Waals surface area contributed by atoms with Crippen LogP contribution in [0.5, 0.6) is 11.5 Å². The summed E-state index contributed by atoms with van der Waals surface area (Å²) >= 11 is 0. The first-order valence-electron chi connectivity index (χ1n) is 8.52. The van der Waals surface area contributed by atoms with E-state index in [1.807, 2.05) is 32.0 Å². The van der Waals surface area contributed by atoms with Crippen molar-refractivity contribution in [3.63, 3.8) is 0 Å². The summed E-state index contributed by atoms with van der Waals surface area (Å²) in [6.45, 7) is 5.09. The largest absolute Gasteiger partial charge is 0.490 e. The quantitative estimate of drug-likeness (QED) is 0.908. The zero-order chi connectivity index (χ0) is 16.2. The molecule has 0 aromatic heterocycles. The first-order valence-corrected chi connectivity index (χ1v) is 8.52. The minimum Gasteiger partial charge on any atom is -0.490 e. The van der Waals surface area contributed by atoms with E-state index in [9.17, 15) is 4.79 Å². The summed E-state index contributed by atoms with van der Waals surface area (Å²) in [5.41, 5.74) is 4.68. The van der Waals surface area contributed by atoms with E-state index in [1.165, 1.54) is 0 Å². The molecule has 5 heteroatoms. The molecular weight excluding hydrogens is 292 g/mol. The van der Waals surface area contributed by atoms with Crippen molar-refractivity contribution in [3.8, 4) is 11.5 Å². The molecule has 0 bridgehead atoms. The number of carbonyl (C=O) groups is 1. The minimum absolute atomic E-state index is 0.0540. The molecule has 0 spiro atoms. The number of carbonyl (C=O) groups excluding carboxylic acids is 1. The third-order valence-corrected chi connectivity index (χ3v) is 4.58. The van der Waals surface area contributed by atoms with Crippen LogP contribution in [-0.2, 0) is 4.79 Å². The molecule has 1 N–H and O–H groups in total. The molecule has 1 amide bonds. The highest BCUT2D eigenvalue weighted by molar-refractivity contribution is 6.07. The fraction of sp³-hybridized carbons (Fsp3) is 0.556. The molecule has 1 fully saturated rings. The van der Waals surface area contributed by atoms with Gasteiger partial charge >= 0.3 is 0 Å². The lowest BCUT2D eigenvalue weighted by atomic mass is 9.74. The minimum atomic E-state index is 0.0540. The predicted molar refractivity (Wildman–Crippen MR) is 88.9 cm³/mol. The van der Waals surface area contributed by atoms with Crippen LogP contribution in [-0.4, -0.2) is 24.8 Å². The Kier molecular flexibility index (Phi) is 4.84. The van der Waals surface area contributed by atoms with Gasteiger partial charge in [0.15, 0.2) is 11.5 Å². The summed E-state index contributed by atoms with van der Waals surface area (Å²) in [6.07, 6.45) is 4.25. The molecule has 1 aromatic rings. The predicted octanol–water partition coefficient (Wildman–Crippen LogP) is 3.12. The topological polar surface area (TPSA) is 59.9 Å². The summed E-state index contributed by atoms with van der Waals surface area (Å²) in [5.74, 6) is 1.82. The Morgan fingerprint density at radius 2 is 1.78 bits per heavy atom. The SMILES string of the molecule is CCOc1ccc(C2=NNC(=O)[C@H]3CCCC[C@@H]23)cc1OCC. The monoisotopic (exact) mass is 316 g/mol. The number of fused-ring (bicyclic) bond motifs is 1. The Morgan fingerprint density at radius 3 is 2.52 bits per heavy atom. The van der Waals surface area contributed by atoms with Crippen molar-refractivity contribution in [2.24, 2.45) is 16.9 Å². The van der Waals surface area contributed by atoms with Crippen molar-refractivity contribution >= 4 is 11.6 Å². The maximum Gasteiger partial charge on any atom is 0.243 e. The van der Waals surface area contributed by atoms with Crippen LogP contribution < -0.4 is 14.9 Å². The summed E-state index contributed by atoms with van der Waals surface area (Å²) in [7, 11) is 0. The average Bonchev–Trinajstić information content (AvgIpc) is 2.58. The summed E-state index contributed by atoms with van der Waals surface area (Å²) < 4.78 is 11.3. The van der Waals surface area contributed by atoms with Gasteiger partial charge in [-0.1, -0.05) is 12.8 Å². The molecule has 1 aliphatic heterocycles. The third-order valence-electron chi connectivity index (χ3n) is 4.58.